The van der Waals surface area contributed by atoms with E-state index in [4.69, 9.17) is 11.6 Å². The molecule has 4 nitrogen and oxygen atoms in total. The Morgan fingerprint density at radius 3 is 2.67 bits per heavy atom. The highest BCUT2D eigenvalue weighted by Gasteiger charge is 2.37. The second-order valence-corrected chi connectivity index (χ2v) is 6.09. The Hall–Kier alpha value is -2.02. The number of aromatic nitrogens is 2. The molecule has 0 atom stereocenters. The first-order chi connectivity index (χ1) is 11.4. The zero-order valence-electron chi connectivity index (χ0n) is 12.6. The fraction of sp³-hybridized carbons (Fsp3) is 0.375. The molecule has 8 heteroatoms. The summed E-state index contributed by atoms with van der Waals surface area (Å²) in [4.78, 5) is 12.0. The number of carbonyl (C=O) groups excluding carboxylic acids is 1. The number of alkyl halides is 3. The Morgan fingerprint density at radius 2 is 2.04 bits per heavy atom. The summed E-state index contributed by atoms with van der Waals surface area (Å²) in [5, 5.41) is 6.63. The molecule has 128 valence electrons. The monoisotopic (exact) mass is 357 g/mol. The minimum Gasteiger partial charge on any atom is -0.350 e. The van der Waals surface area contributed by atoms with E-state index in [2.05, 4.69) is 10.4 Å². The Bertz CT molecular complexity index is 753. The van der Waals surface area contributed by atoms with E-state index in [1.54, 1.807) is 24.3 Å². The fourth-order valence-corrected chi connectivity index (χ4v) is 2.69. The fourth-order valence-electron chi connectivity index (χ4n) is 2.47. The molecule has 1 aliphatic rings. The summed E-state index contributed by atoms with van der Waals surface area (Å²) in [6.07, 6.45) is -2.72. The molecule has 1 amide bonds. The molecule has 1 heterocycles. The number of hydrogen-bond donors (Lipinski definition) is 1. The summed E-state index contributed by atoms with van der Waals surface area (Å²) in [5.41, 5.74) is 0.0224. The van der Waals surface area contributed by atoms with Crippen LogP contribution in [-0.2, 0) is 12.7 Å². The van der Waals surface area contributed by atoms with Gasteiger partial charge in [-0.05, 0) is 31.0 Å². The number of nitrogens with one attached hydrogen (secondary N) is 1. The van der Waals surface area contributed by atoms with Crippen molar-refractivity contribution >= 4 is 17.5 Å². The van der Waals surface area contributed by atoms with E-state index < -0.39 is 11.9 Å². The lowest BCUT2D eigenvalue weighted by molar-refractivity contribution is -0.141. The minimum absolute atomic E-state index is 0.132. The van der Waals surface area contributed by atoms with E-state index in [-0.39, 0.29) is 24.9 Å². The van der Waals surface area contributed by atoms with Crippen LogP contribution in [0.15, 0.2) is 30.3 Å². The second kappa shape index (κ2) is 6.47. The average molecular weight is 358 g/mol. The van der Waals surface area contributed by atoms with Crippen molar-refractivity contribution in [2.24, 2.45) is 0 Å². The Kier molecular flexibility index (Phi) is 4.54. The maximum Gasteiger partial charge on any atom is 0.435 e. The summed E-state index contributed by atoms with van der Waals surface area (Å²) in [5.74, 6) is -0.232. The third-order valence-corrected chi connectivity index (χ3v) is 4.15. The molecule has 1 aromatic carbocycles. The third kappa shape index (κ3) is 3.72. The van der Waals surface area contributed by atoms with Gasteiger partial charge in [0.1, 0.15) is 0 Å². The molecule has 3 rings (SSSR count). The molecule has 0 saturated heterocycles. The molecule has 2 aromatic rings. The summed E-state index contributed by atoms with van der Waals surface area (Å²) >= 11 is 5.94. The standard InChI is InChI=1S/C16H15ClF3N3O/c17-12-4-2-1-3-11(12)15(24)21-7-8-23-13(10-5-6-10)9-14(22-23)16(18,19)20/h1-4,9-10H,5-8H2,(H,21,24). The van der Waals surface area contributed by atoms with Gasteiger partial charge in [0, 0.05) is 18.2 Å². The van der Waals surface area contributed by atoms with Gasteiger partial charge < -0.3 is 5.32 Å². The zero-order valence-corrected chi connectivity index (χ0v) is 13.4. The number of amides is 1. The van der Waals surface area contributed by atoms with Crippen LogP contribution in [0.1, 0.15) is 40.5 Å². The van der Waals surface area contributed by atoms with Gasteiger partial charge in [0.25, 0.3) is 5.91 Å². The molecule has 1 saturated carbocycles. The van der Waals surface area contributed by atoms with Crippen molar-refractivity contribution < 1.29 is 18.0 Å². The van der Waals surface area contributed by atoms with Crippen LogP contribution in [-0.4, -0.2) is 22.2 Å². The van der Waals surface area contributed by atoms with Gasteiger partial charge in [0.05, 0.1) is 17.1 Å². The molecule has 0 unspecified atom stereocenters. The van der Waals surface area contributed by atoms with E-state index >= 15 is 0 Å². The van der Waals surface area contributed by atoms with Gasteiger partial charge in [-0.2, -0.15) is 18.3 Å². The molecule has 0 aliphatic heterocycles. The van der Waals surface area contributed by atoms with E-state index in [0.717, 1.165) is 18.9 Å². The highest BCUT2D eigenvalue weighted by Crippen LogP contribution is 2.42. The van der Waals surface area contributed by atoms with Crippen LogP contribution in [0.2, 0.25) is 5.02 Å². The van der Waals surface area contributed by atoms with Crippen LogP contribution in [0.25, 0.3) is 0 Å². The van der Waals surface area contributed by atoms with Gasteiger partial charge in [-0.15, -0.1) is 0 Å². The Labute approximate surface area is 141 Å². The van der Waals surface area contributed by atoms with Crippen molar-refractivity contribution in [3.8, 4) is 0 Å². The van der Waals surface area contributed by atoms with Crippen LogP contribution in [0, 0.1) is 0 Å². The number of halogens is 4. The minimum atomic E-state index is -4.46. The van der Waals surface area contributed by atoms with Gasteiger partial charge in [0.15, 0.2) is 5.69 Å². The van der Waals surface area contributed by atoms with Crippen molar-refractivity contribution in [3.05, 3.63) is 52.3 Å². The number of nitrogens with zero attached hydrogens (tertiary/aromatic N) is 2. The SMILES string of the molecule is O=C(NCCn1nc(C(F)(F)F)cc1C1CC1)c1ccccc1Cl. The second-order valence-electron chi connectivity index (χ2n) is 5.69. The first kappa shape index (κ1) is 16.8. The highest BCUT2D eigenvalue weighted by molar-refractivity contribution is 6.33. The van der Waals surface area contributed by atoms with E-state index in [1.807, 2.05) is 0 Å². The van der Waals surface area contributed by atoms with E-state index in [9.17, 15) is 18.0 Å². The van der Waals surface area contributed by atoms with Gasteiger partial charge in [0.2, 0.25) is 0 Å². The molecule has 0 radical (unpaired) electrons. The van der Waals surface area contributed by atoms with Crippen molar-refractivity contribution in [1.82, 2.24) is 15.1 Å². The lowest BCUT2D eigenvalue weighted by atomic mass is 10.2. The van der Waals surface area contributed by atoms with Crippen molar-refractivity contribution in [3.63, 3.8) is 0 Å². The van der Waals surface area contributed by atoms with Gasteiger partial charge in [-0.1, -0.05) is 23.7 Å². The van der Waals surface area contributed by atoms with E-state index in [0.29, 0.717) is 16.3 Å². The van der Waals surface area contributed by atoms with Crippen molar-refractivity contribution in [2.45, 2.75) is 31.5 Å². The van der Waals surface area contributed by atoms with Crippen LogP contribution in [0.4, 0.5) is 13.2 Å². The third-order valence-electron chi connectivity index (χ3n) is 3.82. The van der Waals surface area contributed by atoms with E-state index in [1.165, 1.54) is 4.68 Å². The maximum absolute atomic E-state index is 12.8. The molecule has 1 aromatic heterocycles. The van der Waals surface area contributed by atoms with Crippen LogP contribution in [0.5, 0.6) is 0 Å². The highest BCUT2D eigenvalue weighted by atomic mass is 35.5. The summed E-state index contributed by atoms with van der Waals surface area (Å²) in [7, 11) is 0. The molecular weight excluding hydrogens is 343 g/mol. The summed E-state index contributed by atoms with van der Waals surface area (Å²) in [6, 6.07) is 7.69. The van der Waals surface area contributed by atoms with Crippen LogP contribution < -0.4 is 5.32 Å². The number of benzene rings is 1. The lowest BCUT2D eigenvalue weighted by Gasteiger charge is -2.09. The molecule has 0 spiro atoms. The Morgan fingerprint density at radius 1 is 1.33 bits per heavy atom. The largest absolute Gasteiger partial charge is 0.435 e. The quantitative estimate of drug-likeness (QED) is 0.883. The van der Waals surface area contributed by atoms with Crippen LogP contribution in [0.3, 0.4) is 0 Å². The first-order valence-electron chi connectivity index (χ1n) is 7.54. The number of hydrogen-bond acceptors (Lipinski definition) is 2. The van der Waals surface area contributed by atoms with Gasteiger partial charge in [-0.25, -0.2) is 0 Å². The summed E-state index contributed by atoms with van der Waals surface area (Å²) in [6.45, 7) is 0.348. The van der Waals surface area contributed by atoms with Gasteiger partial charge in [-0.3, -0.25) is 9.48 Å². The van der Waals surface area contributed by atoms with Gasteiger partial charge >= 0.3 is 6.18 Å². The van der Waals surface area contributed by atoms with Crippen molar-refractivity contribution in [1.29, 1.82) is 0 Å². The summed E-state index contributed by atoms with van der Waals surface area (Å²) < 4.78 is 39.8. The molecular formula is C16H15ClF3N3O. The molecule has 24 heavy (non-hydrogen) atoms. The number of rotatable bonds is 5. The Balaban J connectivity index is 1.65. The van der Waals surface area contributed by atoms with Crippen LogP contribution >= 0.6 is 11.6 Å². The maximum atomic E-state index is 12.8. The lowest BCUT2D eigenvalue weighted by Crippen LogP contribution is -2.28. The first-order valence-corrected chi connectivity index (χ1v) is 7.91. The predicted molar refractivity (Wildman–Crippen MR) is 83.0 cm³/mol. The molecule has 0 bridgehead atoms. The topological polar surface area (TPSA) is 46.9 Å². The predicted octanol–water partition coefficient (Wildman–Crippen LogP) is 3.86. The zero-order chi connectivity index (χ0) is 17.3. The van der Waals surface area contributed by atoms with Crippen molar-refractivity contribution in [2.75, 3.05) is 6.54 Å². The molecule has 1 aliphatic carbocycles. The molecule has 1 N–H and O–H groups in total. The normalized spacial score (nSPS) is 14.7. The molecule has 1 fully saturated rings. The smallest absolute Gasteiger partial charge is 0.350 e. The average Bonchev–Trinajstić information content (AvgIpc) is 3.26. The number of carbonyl (C=O) groups is 1.